The summed E-state index contributed by atoms with van der Waals surface area (Å²) < 4.78 is 5.74. The van der Waals surface area contributed by atoms with Crippen molar-refractivity contribution < 1.29 is 9.21 Å². The lowest BCUT2D eigenvalue weighted by Crippen LogP contribution is -2.27. The van der Waals surface area contributed by atoms with Gasteiger partial charge in [0.05, 0.1) is 12.1 Å². The van der Waals surface area contributed by atoms with Crippen LogP contribution in [0.3, 0.4) is 0 Å². The molecule has 0 atom stereocenters. The summed E-state index contributed by atoms with van der Waals surface area (Å²) in [4.78, 5) is 16.4. The van der Waals surface area contributed by atoms with Crippen LogP contribution in [0.2, 0.25) is 0 Å². The Morgan fingerprint density at radius 2 is 1.91 bits per heavy atom. The van der Waals surface area contributed by atoms with E-state index in [0.29, 0.717) is 18.2 Å². The Hall–Kier alpha value is -2.10. The first-order valence-electron chi connectivity index (χ1n) is 7.63. The third kappa shape index (κ3) is 4.45. The summed E-state index contributed by atoms with van der Waals surface area (Å²) in [7, 11) is 0. The van der Waals surface area contributed by atoms with Crippen LogP contribution in [0.4, 0.5) is 0 Å². The predicted octanol–water partition coefficient (Wildman–Crippen LogP) is 3.18. The molecule has 0 aliphatic heterocycles. The second-order valence-electron chi connectivity index (χ2n) is 6.54. The number of nitrogens with zero attached hydrogens (tertiary/aromatic N) is 1. The van der Waals surface area contributed by atoms with Crippen LogP contribution in [0.1, 0.15) is 43.7 Å². The van der Waals surface area contributed by atoms with Crippen molar-refractivity contribution in [3.05, 3.63) is 53.2 Å². The molecular formula is C18H24N2O2. The molecule has 2 rings (SSSR count). The summed E-state index contributed by atoms with van der Waals surface area (Å²) in [5.41, 5.74) is 1.86. The minimum absolute atomic E-state index is 0.0318. The van der Waals surface area contributed by atoms with Crippen LogP contribution in [0.15, 0.2) is 34.7 Å². The van der Waals surface area contributed by atoms with Crippen molar-refractivity contribution in [2.24, 2.45) is 0 Å². The summed E-state index contributed by atoms with van der Waals surface area (Å²) in [6, 6.07) is 10.1. The first-order chi connectivity index (χ1) is 10.4. The lowest BCUT2D eigenvalue weighted by atomic mass is 9.97. The molecule has 4 heteroatoms. The minimum Gasteiger partial charge on any atom is -0.444 e. The van der Waals surface area contributed by atoms with E-state index in [9.17, 15) is 4.79 Å². The Bertz CT molecular complexity index is 624. The zero-order valence-electron chi connectivity index (χ0n) is 13.8. The lowest BCUT2D eigenvalue weighted by molar-refractivity contribution is -0.120. The third-order valence-electron chi connectivity index (χ3n) is 3.43. The average Bonchev–Trinajstić information content (AvgIpc) is 2.81. The lowest BCUT2D eigenvalue weighted by Gasteiger charge is -2.12. The van der Waals surface area contributed by atoms with Gasteiger partial charge in [0.25, 0.3) is 0 Å². The Morgan fingerprint density at radius 3 is 2.50 bits per heavy atom. The fourth-order valence-corrected chi connectivity index (χ4v) is 2.11. The van der Waals surface area contributed by atoms with Crippen molar-refractivity contribution in [2.75, 3.05) is 6.54 Å². The van der Waals surface area contributed by atoms with Crippen molar-refractivity contribution in [1.82, 2.24) is 10.3 Å². The molecule has 1 aromatic heterocycles. The van der Waals surface area contributed by atoms with Crippen LogP contribution in [0, 0.1) is 6.92 Å². The molecular weight excluding hydrogens is 276 g/mol. The largest absolute Gasteiger partial charge is 0.444 e. The van der Waals surface area contributed by atoms with Gasteiger partial charge >= 0.3 is 0 Å². The van der Waals surface area contributed by atoms with Crippen molar-refractivity contribution >= 4 is 5.91 Å². The summed E-state index contributed by atoms with van der Waals surface area (Å²) >= 11 is 0. The first-order valence-corrected chi connectivity index (χ1v) is 7.63. The molecule has 0 radical (unpaired) electrons. The second kappa shape index (κ2) is 6.77. The number of hydrogen-bond acceptors (Lipinski definition) is 3. The average molecular weight is 300 g/mol. The van der Waals surface area contributed by atoms with Crippen LogP contribution in [0.25, 0.3) is 0 Å². The molecule has 118 valence electrons. The molecule has 22 heavy (non-hydrogen) atoms. The molecule has 1 aromatic carbocycles. The summed E-state index contributed by atoms with van der Waals surface area (Å²) in [5.74, 6) is 1.30. The molecule has 4 nitrogen and oxygen atoms in total. The fourth-order valence-electron chi connectivity index (χ4n) is 2.11. The maximum atomic E-state index is 12.0. The maximum absolute atomic E-state index is 12.0. The predicted molar refractivity (Wildman–Crippen MR) is 86.8 cm³/mol. The molecule has 0 saturated heterocycles. The Kier molecular flexibility index (Phi) is 5.01. The Morgan fingerprint density at radius 1 is 1.23 bits per heavy atom. The number of amides is 1. The minimum atomic E-state index is -0.146. The molecule has 1 heterocycles. The number of aromatic nitrogens is 1. The molecule has 0 bridgehead atoms. The SMILES string of the molecule is Cc1nc(C(C)(C)C)oc1CC(=O)NCCc1ccccc1. The first kappa shape index (κ1) is 16.3. The highest BCUT2D eigenvalue weighted by atomic mass is 16.4. The molecule has 0 spiro atoms. The van der Waals surface area contributed by atoms with Gasteiger partial charge in [-0.3, -0.25) is 4.79 Å². The quantitative estimate of drug-likeness (QED) is 0.922. The van der Waals surface area contributed by atoms with Crippen LogP contribution < -0.4 is 5.32 Å². The van der Waals surface area contributed by atoms with Gasteiger partial charge in [-0.05, 0) is 18.9 Å². The number of benzene rings is 1. The van der Waals surface area contributed by atoms with Crippen LogP contribution in [0.5, 0.6) is 0 Å². The molecule has 0 fully saturated rings. The summed E-state index contributed by atoms with van der Waals surface area (Å²) in [6.45, 7) is 8.64. The van der Waals surface area contributed by atoms with Gasteiger partial charge in [0.1, 0.15) is 5.76 Å². The van der Waals surface area contributed by atoms with Crippen molar-refractivity contribution in [3.63, 3.8) is 0 Å². The van der Waals surface area contributed by atoms with Gasteiger partial charge in [-0.2, -0.15) is 0 Å². The molecule has 0 aliphatic carbocycles. The van der Waals surface area contributed by atoms with Gasteiger partial charge in [-0.1, -0.05) is 51.1 Å². The summed E-state index contributed by atoms with van der Waals surface area (Å²) in [5, 5.41) is 2.93. The van der Waals surface area contributed by atoms with Gasteiger partial charge in [0, 0.05) is 12.0 Å². The number of oxazole rings is 1. The highest BCUT2D eigenvalue weighted by Crippen LogP contribution is 2.23. The molecule has 0 saturated carbocycles. The zero-order chi connectivity index (χ0) is 16.2. The van der Waals surface area contributed by atoms with E-state index in [-0.39, 0.29) is 17.7 Å². The van der Waals surface area contributed by atoms with Crippen LogP contribution in [-0.4, -0.2) is 17.4 Å². The molecule has 1 N–H and O–H groups in total. The molecule has 0 aliphatic rings. The van der Waals surface area contributed by atoms with Gasteiger partial charge in [0.2, 0.25) is 5.91 Å². The normalized spacial score (nSPS) is 11.5. The smallest absolute Gasteiger partial charge is 0.227 e. The van der Waals surface area contributed by atoms with E-state index in [1.54, 1.807) is 0 Å². The Balaban J connectivity index is 1.86. The number of hydrogen-bond donors (Lipinski definition) is 1. The van der Waals surface area contributed by atoms with Gasteiger partial charge in [0.15, 0.2) is 5.89 Å². The van der Waals surface area contributed by atoms with E-state index in [1.807, 2.05) is 45.9 Å². The van der Waals surface area contributed by atoms with Crippen LogP contribution in [-0.2, 0) is 23.1 Å². The highest BCUT2D eigenvalue weighted by molar-refractivity contribution is 5.78. The fraction of sp³-hybridized carbons (Fsp3) is 0.444. The van der Waals surface area contributed by atoms with Gasteiger partial charge in [-0.15, -0.1) is 0 Å². The standard InChI is InChI=1S/C18H24N2O2/c1-13-15(22-17(20-13)18(2,3)4)12-16(21)19-11-10-14-8-6-5-7-9-14/h5-9H,10-12H2,1-4H3,(H,19,21). The topological polar surface area (TPSA) is 55.1 Å². The van der Waals surface area contributed by atoms with Crippen LogP contribution >= 0.6 is 0 Å². The number of carbonyl (C=O) groups is 1. The van der Waals surface area contributed by atoms with E-state index in [0.717, 1.165) is 12.1 Å². The van der Waals surface area contributed by atoms with Crippen molar-refractivity contribution in [1.29, 1.82) is 0 Å². The van der Waals surface area contributed by atoms with Gasteiger partial charge in [-0.25, -0.2) is 4.98 Å². The second-order valence-corrected chi connectivity index (χ2v) is 6.54. The Labute approximate surface area is 131 Å². The van der Waals surface area contributed by atoms with Crippen molar-refractivity contribution in [3.8, 4) is 0 Å². The number of carbonyl (C=O) groups excluding carboxylic acids is 1. The van der Waals surface area contributed by atoms with Gasteiger partial charge < -0.3 is 9.73 Å². The highest BCUT2D eigenvalue weighted by Gasteiger charge is 2.23. The van der Waals surface area contributed by atoms with Crippen molar-refractivity contribution in [2.45, 2.75) is 46.0 Å². The van der Waals surface area contributed by atoms with E-state index >= 15 is 0 Å². The summed E-state index contributed by atoms with van der Waals surface area (Å²) in [6.07, 6.45) is 1.07. The number of aryl methyl sites for hydroxylation is 1. The molecule has 0 unspecified atom stereocenters. The number of nitrogens with one attached hydrogen (secondary N) is 1. The monoisotopic (exact) mass is 300 g/mol. The van der Waals surface area contributed by atoms with E-state index < -0.39 is 0 Å². The van der Waals surface area contributed by atoms with E-state index in [1.165, 1.54) is 5.56 Å². The molecule has 2 aromatic rings. The number of rotatable bonds is 5. The maximum Gasteiger partial charge on any atom is 0.227 e. The molecule has 1 amide bonds. The van der Waals surface area contributed by atoms with E-state index in [2.05, 4.69) is 22.4 Å². The zero-order valence-corrected chi connectivity index (χ0v) is 13.8. The third-order valence-corrected chi connectivity index (χ3v) is 3.43. The van der Waals surface area contributed by atoms with E-state index in [4.69, 9.17) is 4.42 Å².